The zero-order valence-electron chi connectivity index (χ0n) is 15.0. The van der Waals surface area contributed by atoms with Crippen molar-refractivity contribution in [2.45, 2.75) is 39.3 Å². The van der Waals surface area contributed by atoms with Crippen molar-refractivity contribution < 1.29 is 9.26 Å². The van der Waals surface area contributed by atoms with Gasteiger partial charge in [0.05, 0.1) is 19.3 Å². The van der Waals surface area contributed by atoms with Crippen molar-refractivity contribution >= 4 is 5.95 Å². The smallest absolute Gasteiger partial charge is 0.266 e. The number of methoxy groups -OCH3 is 1. The molecule has 0 amide bonds. The van der Waals surface area contributed by atoms with E-state index < -0.39 is 0 Å². The van der Waals surface area contributed by atoms with Crippen LogP contribution in [0, 0.1) is 0 Å². The monoisotopic (exact) mass is 351 g/mol. The van der Waals surface area contributed by atoms with Crippen LogP contribution < -0.4 is 9.64 Å². The molecule has 134 valence electrons. The van der Waals surface area contributed by atoms with Gasteiger partial charge in [0.2, 0.25) is 5.89 Å². The fourth-order valence-corrected chi connectivity index (χ4v) is 3.04. The van der Waals surface area contributed by atoms with E-state index in [1.165, 1.54) is 0 Å². The van der Waals surface area contributed by atoms with Crippen LogP contribution >= 0.6 is 0 Å². The van der Waals surface area contributed by atoms with Crippen LogP contribution in [-0.4, -0.2) is 27.2 Å². The molecule has 1 aliphatic rings. The highest BCUT2D eigenvalue weighted by molar-refractivity contribution is 5.39. The largest absolute Gasteiger partial charge is 0.497 e. The van der Waals surface area contributed by atoms with Crippen molar-refractivity contribution in [1.82, 2.24) is 20.1 Å². The number of hydrogen-bond acceptors (Lipinski definition) is 7. The van der Waals surface area contributed by atoms with E-state index in [0.29, 0.717) is 31.3 Å². The standard InChI is InChI=1S/C19H21N5O2/c1-3-4-18-22-19(23-26-18)24-11-14-10-20-17(21-16(14)12-24)9-13-5-7-15(25-2)8-6-13/h5-8,10H,3-4,9,11-12H2,1-2H3. The zero-order chi connectivity index (χ0) is 17.9. The SMILES string of the molecule is CCCc1nc(N2Cc3cnc(Cc4ccc(OC)cc4)nc3C2)no1. The number of anilines is 1. The molecule has 0 bridgehead atoms. The van der Waals surface area contributed by atoms with Gasteiger partial charge < -0.3 is 14.2 Å². The van der Waals surface area contributed by atoms with Gasteiger partial charge in [-0.3, -0.25) is 0 Å². The minimum absolute atomic E-state index is 0.628. The summed E-state index contributed by atoms with van der Waals surface area (Å²) in [6.07, 6.45) is 4.40. The van der Waals surface area contributed by atoms with Crippen LogP contribution in [0.2, 0.25) is 0 Å². The van der Waals surface area contributed by atoms with Gasteiger partial charge in [0.15, 0.2) is 0 Å². The minimum atomic E-state index is 0.628. The Morgan fingerprint density at radius 3 is 2.77 bits per heavy atom. The fourth-order valence-electron chi connectivity index (χ4n) is 3.04. The van der Waals surface area contributed by atoms with Crippen molar-refractivity contribution in [1.29, 1.82) is 0 Å². The second-order valence-corrected chi connectivity index (χ2v) is 6.38. The minimum Gasteiger partial charge on any atom is -0.497 e. The predicted molar refractivity (Wildman–Crippen MR) is 96.0 cm³/mol. The van der Waals surface area contributed by atoms with Gasteiger partial charge in [0, 0.05) is 31.1 Å². The highest BCUT2D eigenvalue weighted by Gasteiger charge is 2.25. The van der Waals surface area contributed by atoms with Crippen LogP contribution in [0.3, 0.4) is 0 Å². The average Bonchev–Trinajstić information content (AvgIpc) is 3.29. The van der Waals surface area contributed by atoms with Crippen LogP contribution in [0.1, 0.15) is 41.9 Å². The third-order valence-electron chi connectivity index (χ3n) is 4.43. The summed E-state index contributed by atoms with van der Waals surface area (Å²) in [5.41, 5.74) is 3.30. The lowest BCUT2D eigenvalue weighted by Crippen LogP contribution is -2.16. The molecule has 1 aromatic carbocycles. The first-order valence-corrected chi connectivity index (χ1v) is 8.79. The molecular formula is C19H21N5O2. The van der Waals surface area contributed by atoms with Gasteiger partial charge in [-0.05, 0) is 29.3 Å². The van der Waals surface area contributed by atoms with Crippen LogP contribution in [0.5, 0.6) is 5.75 Å². The molecule has 0 unspecified atom stereocenters. The number of ether oxygens (including phenoxy) is 1. The first-order valence-electron chi connectivity index (χ1n) is 8.79. The summed E-state index contributed by atoms with van der Waals surface area (Å²) in [5.74, 6) is 2.98. The zero-order valence-corrected chi connectivity index (χ0v) is 15.0. The summed E-state index contributed by atoms with van der Waals surface area (Å²) in [4.78, 5) is 15.8. The molecule has 0 atom stereocenters. The lowest BCUT2D eigenvalue weighted by atomic mass is 10.1. The average molecular weight is 351 g/mol. The molecule has 0 N–H and O–H groups in total. The summed E-state index contributed by atoms with van der Waals surface area (Å²) < 4.78 is 10.5. The van der Waals surface area contributed by atoms with Gasteiger partial charge in [-0.1, -0.05) is 19.1 Å². The Balaban J connectivity index is 1.46. The van der Waals surface area contributed by atoms with Crippen LogP contribution in [-0.2, 0) is 25.9 Å². The summed E-state index contributed by atoms with van der Waals surface area (Å²) in [7, 11) is 1.67. The first-order chi connectivity index (χ1) is 12.7. The van der Waals surface area contributed by atoms with E-state index >= 15 is 0 Å². The van der Waals surface area contributed by atoms with Gasteiger partial charge in [0.25, 0.3) is 5.95 Å². The molecular weight excluding hydrogens is 330 g/mol. The number of fused-ring (bicyclic) bond motifs is 1. The molecule has 2 aromatic heterocycles. The van der Waals surface area contributed by atoms with Crippen molar-refractivity contribution in [3.05, 3.63) is 59.0 Å². The normalized spacial score (nSPS) is 13.1. The molecule has 7 nitrogen and oxygen atoms in total. The van der Waals surface area contributed by atoms with Crippen molar-refractivity contribution in [2.24, 2.45) is 0 Å². The lowest BCUT2D eigenvalue weighted by Gasteiger charge is -2.09. The predicted octanol–water partition coefficient (Wildman–Crippen LogP) is 2.93. The maximum atomic E-state index is 5.29. The Labute approximate surface area is 152 Å². The maximum Gasteiger partial charge on any atom is 0.266 e. The highest BCUT2D eigenvalue weighted by atomic mass is 16.5. The number of nitrogens with zero attached hydrogens (tertiary/aromatic N) is 5. The van der Waals surface area contributed by atoms with Gasteiger partial charge in [-0.15, -0.1) is 0 Å². The van der Waals surface area contributed by atoms with Gasteiger partial charge in [-0.25, -0.2) is 9.97 Å². The number of aryl methyl sites for hydroxylation is 1. The fraction of sp³-hybridized carbons (Fsp3) is 0.368. The molecule has 26 heavy (non-hydrogen) atoms. The van der Waals surface area contributed by atoms with E-state index in [1.54, 1.807) is 7.11 Å². The Bertz CT molecular complexity index is 891. The molecule has 0 aliphatic carbocycles. The molecule has 4 rings (SSSR count). The molecule has 0 saturated carbocycles. The summed E-state index contributed by atoms with van der Waals surface area (Å²) >= 11 is 0. The van der Waals surface area contributed by atoms with Gasteiger partial charge in [0.1, 0.15) is 11.6 Å². The van der Waals surface area contributed by atoms with Crippen molar-refractivity contribution in [2.75, 3.05) is 12.0 Å². The highest BCUT2D eigenvalue weighted by Crippen LogP contribution is 2.25. The molecule has 0 saturated heterocycles. The molecule has 0 fully saturated rings. The molecule has 0 radical (unpaired) electrons. The lowest BCUT2D eigenvalue weighted by molar-refractivity contribution is 0.376. The molecule has 3 aromatic rings. The van der Waals surface area contributed by atoms with Crippen molar-refractivity contribution in [3.63, 3.8) is 0 Å². The number of aromatic nitrogens is 4. The van der Waals surface area contributed by atoms with Gasteiger partial charge >= 0.3 is 0 Å². The van der Waals surface area contributed by atoms with E-state index in [0.717, 1.165) is 41.2 Å². The topological polar surface area (TPSA) is 77.2 Å². The maximum absolute atomic E-state index is 5.29. The third kappa shape index (κ3) is 3.37. The van der Waals surface area contributed by atoms with E-state index in [2.05, 4.69) is 26.9 Å². The quantitative estimate of drug-likeness (QED) is 0.676. The van der Waals surface area contributed by atoms with E-state index in [1.807, 2.05) is 30.5 Å². The van der Waals surface area contributed by atoms with Crippen LogP contribution in [0.15, 0.2) is 35.0 Å². The van der Waals surface area contributed by atoms with Crippen LogP contribution in [0.4, 0.5) is 5.95 Å². The second-order valence-electron chi connectivity index (χ2n) is 6.38. The van der Waals surface area contributed by atoms with E-state index in [-0.39, 0.29) is 0 Å². The molecule has 3 heterocycles. The third-order valence-corrected chi connectivity index (χ3v) is 4.43. The Morgan fingerprint density at radius 2 is 2.00 bits per heavy atom. The van der Waals surface area contributed by atoms with E-state index in [9.17, 15) is 0 Å². The molecule has 1 aliphatic heterocycles. The number of hydrogen-bond donors (Lipinski definition) is 0. The second kappa shape index (κ2) is 7.11. The van der Waals surface area contributed by atoms with E-state index in [4.69, 9.17) is 14.2 Å². The van der Waals surface area contributed by atoms with Crippen molar-refractivity contribution in [3.8, 4) is 5.75 Å². The number of rotatable bonds is 6. The Kier molecular flexibility index (Phi) is 4.51. The molecule has 0 spiro atoms. The summed E-state index contributed by atoms with van der Waals surface area (Å²) in [6, 6.07) is 7.98. The Hall–Kier alpha value is -2.96. The first kappa shape index (κ1) is 16.5. The summed E-state index contributed by atoms with van der Waals surface area (Å²) in [6.45, 7) is 3.48. The van der Waals surface area contributed by atoms with Crippen LogP contribution in [0.25, 0.3) is 0 Å². The Morgan fingerprint density at radius 1 is 1.15 bits per heavy atom. The van der Waals surface area contributed by atoms with Gasteiger partial charge in [-0.2, -0.15) is 4.98 Å². The molecule has 7 heteroatoms. The summed E-state index contributed by atoms with van der Waals surface area (Å²) in [5, 5.41) is 4.09. The number of benzene rings is 1.